The highest BCUT2D eigenvalue weighted by atomic mass is 32.2. The summed E-state index contributed by atoms with van der Waals surface area (Å²) in [7, 11) is 0. The molecular formula is C21H18N2O4S. The van der Waals surface area contributed by atoms with Crippen molar-refractivity contribution < 1.29 is 19.5 Å². The average Bonchev–Trinajstić information content (AvgIpc) is 2.79. The van der Waals surface area contributed by atoms with Gasteiger partial charge in [0.2, 0.25) is 5.91 Å². The lowest BCUT2D eigenvalue weighted by Crippen LogP contribution is -2.31. The number of hydrogen-bond donors (Lipinski definition) is 2. The molecule has 0 bridgehead atoms. The largest absolute Gasteiger partial charge is 0.481 e. The Balaban J connectivity index is 1.95. The van der Waals surface area contributed by atoms with Gasteiger partial charge in [-0.05, 0) is 37.3 Å². The van der Waals surface area contributed by atoms with Gasteiger partial charge in [-0.15, -0.1) is 5.92 Å². The third-order valence-corrected chi connectivity index (χ3v) is 5.22. The Kier molecular flexibility index (Phi) is 6.02. The molecule has 2 amide bonds. The molecule has 2 aromatic carbocycles. The van der Waals surface area contributed by atoms with Crippen LogP contribution in [0.2, 0.25) is 0 Å². The molecule has 1 aliphatic rings. The van der Waals surface area contributed by atoms with E-state index in [1.54, 1.807) is 36.1 Å². The van der Waals surface area contributed by atoms with E-state index in [-0.39, 0.29) is 31.2 Å². The van der Waals surface area contributed by atoms with Crippen LogP contribution in [0.25, 0.3) is 0 Å². The van der Waals surface area contributed by atoms with E-state index in [2.05, 4.69) is 17.2 Å². The molecule has 6 nitrogen and oxygen atoms in total. The van der Waals surface area contributed by atoms with Crippen LogP contribution in [-0.4, -0.2) is 29.4 Å². The number of carboxylic acid groups (broad SMARTS) is 1. The molecule has 0 saturated carbocycles. The zero-order valence-electron chi connectivity index (χ0n) is 15.2. The van der Waals surface area contributed by atoms with Gasteiger partial charge < -0.3 is 10.4 Å². The van der Waals surface area contributed by atoms with Crippen molar-refractivity contribution in [3.63, 3.8) is 0 Å². The summed E-state index contributed by atoms with van der Waals surface area (Å²) in [6.45, 7) is 1.99. The minimum Gasteiger partial charge on any atom is -0.481 e. The molecule has 1 aliphatic heterocycles. The summed E-state index contributed by atoms with van der Waals surface area (Å²) in [6.07, 6.45) is -0.323. The van der Waals surface area contributed by atoms with E-state index in [0.717, 1.165) is 15.5 Å². The van der Waals surface area contributed by atoms with Crippen molar-refractivity contribution in [2.75, 3.05) is 16.8 Å². The molecule has 3 rings (SSSR count). The lowest BCUT2D eigenvalue weighted by Gasteiger charge is -2.21. The van der Waals surface area contributed by atoms with Crippen LogP contribution in [-0.2, 0) is 9.59 Å². The first-order valence-electron chi connectivity index (χ1n) is 8.63. The fourth-order valence-corrected chi connectivity index (χ4v) is 3.88. The summed E-state index contributed by atoms with van der Waals surface area (Å²) in [5.41, 5.74) is 1.88. The van der Waals surface area contributed by atoms with Crippen LogP contribution < -0.4 is 10.2 Å². The maximum atomic E-state index is 13.0. The van der Waals surface area contributed by atoms with Crippen LogP contribution in [0.3, 0.4) is 0 Å². The number of hydrogen-bond acceptors (Lipinski definition) is 4. The Morgan fingerprint density at radius 1 is 1.14 bits per heavy atom. The number of carbonyl (C=O) groups is 3. The summed E-state index contributed by atoms with van der Waals surface area (Å²) >= 11 is 1.45. The minimum atomic E-state index is -1.02. The number of nitrogens with one attached hydrogen (secondary N) is 1. The molecule has 28 heavy (non-hydrogen) atoms. The van der Waals surface area contributed by atoms with E-state index in [9.17, 15) is 14.4 Å². The molecule has 2 N–H and O–H groups in total. The van der Waals surface area contributed by atoms with E-state index in [4.69, 9.17) is 5.11 Å². The fourth-order valence-electron chi connectivity index (χ4n) is 2.76. The number of nitrogens with zero attached hydrogens (tertiary/aromatic N) is 1. The SMILES string of the molecule is CC#CCN1C(=O)c2ccccc2Sc2cc(NC(=O)CCC(=O)O)ccc21. The van der Waals surface area contributed by atoms with E-state index >= 15 is 0 Å². The van der Waals surface area contributed by atoms with Gasteiger partial charge in [-0.25, -0.2) is 0 Å². The van der Waals surface area contributed by atoms with E-state index < -0.39 is 5.97 Å². The Morgan fingerprint density at radius 3 is 2.68 bits per heavy atom. The van der Waals surface area contributed by atoms with Gasteiger partial charge in [-0.3, -0.25) is 19.3 Å². The molecule has 0 unspecified atom stereocenters. The van der Waals surface area contributed by atoms with Crippen molar-refractivity contribution in [2.45, 2.75) is 29.6 Å². The predicted octanol–water partition coefficient (Wildman–Crippen LogP) is 3.62. The smallest absolute Gasteiger partial charge is 0.303 e. The molecule has 1 heterocycles. The third-order valence-electron chi connectivity index (χ3n) is 4.10. The summed E-state index contributed by atoms with van der Waals surface area (Å²) in [4.78, 5) is 38.9. The summed E-state index contributed by atoms with van der Waals surface area (Å²) in [6, 6.07) is 12.6. The van der Waals surface area contributed by atoms with Crippen molar-refractivity contribution in [3.8, 4) is 11.8 Å². The van der Waals surface area contributed by atoms with E-state index in [1.807, 2.05) is 18.2 Å². The molecule has 7 heteroatoms. The number of rotatable bonds is 5. The lowest BCUT2D eigenvalue weighted by atomic mass is 10.1. The number of benzene rings is 2. The maximum Gasteiger partial charge on any atom is 0.303 e. The van der Waals surface area contributed by atoms with Crippen molar-refractivity contribution in [3.05, 3.63) is 48.0 Å². The van der Waals surface area contributed by atoms with Gasteiger partial charge in [-0.2, -0.15) is 0 Å². The van der Waals surface area contributed by atoms with Gasteiger partial charge >= 0.3 is 5.97 Å². The van der Waals surface area contributed by atoms with Crippen molar-refractivity contribution >= 4 is 40.9 Å². The van der Waals surface area contributed by atoms with Crippen LogP contribution in [0.4, 0.5) is 11.4 Å². The Morgan fingerprint density at radius 2 is 1.93 bits per heavy atom. The lowest BCUT2D eigenvalue weighted by molar-refractivity contribution is -0.138. The van der Waals surface area contributed by atoms with E-state index in [0.29, 0.717) is 11.3 Å². The normalized spacial score (nSPS) is 12.2. The standard InChI is InChI=1S/C21H18N2O4S/c1-2-3-12-23-16-9-8-14(22-19(24)10-11-20(25)26)13-18(16)28-17-7-5-4-6-15(17)21(23)27/h4-9,13H,10-12H2,1H3,(H,22,24)(H,25,26). The number of amides is 2. The van der Waals surface area contributed by atoms with Gasteiger partial charge in [0.05, 0.1) is 24.2 Å². The highest BCUT2D eigenvalue weighted by Crippen LogP contribution is 2.42. The van der Waals surface area contributed by atoms with Crippen molar-refractivity contribution in [1.29, 1.82) is 0 Å². The van der Waals surface area contributed by atoms with Crippen LogP contribution in [0, 0.1) is 11.8 Å². The van der Waals surface area contributed by atoms with Crippen LogP contribution in [0.15, 0.2) is 52.3 Å². The molecule has 0 aromatic heterocycles. The summed E-state index contributed by atoms with van der Waals surface area (Å²) in [5.74, 6) is 4.25. The van der Waals surface area contributed by atoms with Gasteiger partial charge in [0.1, 0.15) is 0 Å². The second kappa shape index (κ2) is 8.63. The second-order valence-electron chi connectivity index (χ2n) is 6.04. The quantitative estimate of drug-likeness (QED) is 0.757. The van der Waals surface area contributed by atoms with Crippen LogP contribution in [0.1, 0.15) is 30.1 Å². The number of fused-ring (bicyclic) bond motifs is 2. The minimum absolute atomic E-state index is 0.0981. The zero-order valence-corrected chi connectivity index (χ0v) is 16.0. The average molecular weight is 394 g/mol. The van der Waals surface area contributed by atoms with Crippen molar-refractivity contribution in [2.24, 2.45) is 0 Å². The van der Waals surface area contributed by atoms with Gasteiger partial charge in [0.25, 0.3) is 5.91 Å². The van der Waals surface area contributed by atoms with Crippen LogP contribution >= 0.6 is 11.8 Å². The molecule has 0 fully saturated rings. The Hall–Kier alpha value is -3.24. The van der Waals surface area contributed by atoms with E-state index in [1.165, 1.54) is 11.8 Å². The highest BCUT2D eigenvalue weighted by molar-refractivity contribution is 7.99. The topological polar surface area (TPSA) is 86.7 Å². The number of aliphatic carboxylic acids is 1. The number of carboxylic acids is 1. The van der Waals surface area contributed by atoms with Gasteiger partial charge in [-0.1, -0.05) is 29.8 Å². The first-order valence-corrected chi connectivity index (χ1v) is 9.45. The molecule has 0 atom stereocenters. The van der Waals surface area contributed by atoms with Crippen LogP contribution in [0.5, 0.6) is 0 Å². The molecule has 0 saturated heterocycles. The summed E-state index contributed by atoms with van der Waals surface area (Å²) < 4.78 is 0. The number of anilines is 2. The first kappa shape index (κ1) is 19.5. The fraction of sp³-hybridized carbons (Fsp3) is 0.190. The predicted molar refractivity (Wildman–Crippen MR) is 108 cm³/mol. The Labute approximate surface area is 166 Å². The second-order valence-corrected chi connectivity index (χ2v) is 7.12. The molecule has 142 valence electrons. The maximum absolute atomic E-state index is 13.0. The highest BCUT2D eigenvalue weighted by Gasteiger charge is 2.27. The molecular weight excluding hydrogens is 376 g/mol. The third kappa shape index (κ3) is 4.35. The number of carbonyl (C=O) groups excluding carboxylic acids is 2. The summed E-state index contributed by atoms with van der Waals surface area (Å²) in [5, 5.41) is 11.4. The molecule has 0 aliphatic carbocycles. The molecule has 2 aromatic rings. The van der Waals surface area contributed by atoms with Crippen molar-refractivity contribution in [1.82, 2.24) is 0 Å². The van der Waals surface area contributed by atoms with Gasteiger partial charge in [0.15, 0.2) is 0 Å². The Bertz CT molecular complexity index is 1010. The zero-order chi connectivity index (χ0) is 20.1. The van der Waals surface area contributed by atoms with Gasteiger partial charge in [0, 0.05) is 21.9 Å². The first-order chi connectivity index (χ1) is 13.5. The molecule has 0 spiro atoms. The molecule has 0 radical (unpaired) electrons. The monoisotopic (exact) mass is 394 g/mol.